The number of carbonyl (C=O) groups excluding carboxylic acids is 3. The maximum atomic E-state index is 13.9. The van der Waals surface area contributed by atoms with E-state index < -0.39 is 11.6 Å². The zero-order valence-electron chi connectivity index (χ0n) is 19.5. The number of nitrogens with one attached hydrogen (secondary N) is 2. The quantitative estimate of drug-likeness (QED) is 0.659. The number of imide groups is 1. The van der Waals surface area contributed by atoms with Gasteiger partial charge in [0, 0.05) is 30.6 Å². The SMILES string of the molecule is CC(C)C[C@@H](C(=O)NC[C@H]1CCCO1)N1C(=O)N2CCc3c([nH]c4ccccc34)[C@@]2(C)C1=O. The Morgan fingerprint density at radius 2 is 2.09 bits per heavy atom. The molecule has 1 aromatic heterocycles. The molecule has 0 saturated carbocycles. The van der Waals surface area contributed by atoms with Gasteiger partial charge < -0.3 is 19.9 Å². The van der Waals surface area contributed by atoms with Crippen molar-refractivity contribution in [3.63, 3.8) is 0 Å². The van der Waals surface area contributed by atoms with Gasteiger partial charge in [0.2, 0.25) is 5.91 Å². The van der Waals surface area contributed by atoms with Gasteiger partial charge in [0.15, 0.2) is 5.54 Å². The second-order valence-electron chi connectivity index (χ2n) is 9.98. The van der Waals surface area contributed by atoms with Crippen molar-refractivity contribution >= 4 is 28.7 Å². The van der Waals surface area contributed by atoms with Gasteiger partial charge in [-0.3, -0.25) is 9.59 Å². The summed E-state index contributed by atoms with van der Waals surface area (Å²) in [6.07, 6.45) is 2.97. The van der Waals surface area contributed by atoms with E-state index in [1.807, 2.05) is 38.1 Å². The maximum absolute atomic E-state index is 13.9. The van der Waals surface area contributed by atoms with Crippen LogP contribution in [0.1, 0.15) is 51.3 Å². The summed E-state index contributed by atoms with van der Waals surface area (Å²) in [5, 5.41) is 4.03. The lowest BCUT2D eigenvalue weighted by molar-refractivity contribution is -0.140. The van der Waals surface area contributed by atoms with Gasteiger partial charge in [0.1, 0.15) is 6.04 Å². The third-order valence-electron chi connectivity index (χ3n) is 7.33. The molecule has 3 aliphatic rings. The number of urea groups is 1. The zero-order valence-corrected chi connectivity index (χ0v) is 19.5. The molecule has 3 atom stereocenters. The molecule has 0 radical (unpaired) electrons. The number of aromatic nitrogens is 1. The average molecular weight is 453 g/mol. The summed E-state index contributed by atoms with van der Waals surface area (Å²) in [6, 6.07) is 6.74. The van der Waals surface area contributed by atoms with Gasteiger partial charge in [-0.25, -0.2) is 9.69 Å². The van der Waals surface area contributed by atoms with Crippen molar-refractivity contribution in [2.75, 3.05) is 19.7 Å². The van der Waals surface area contributed by atoms with Crippen molar-refractivity contribution in [1.29, 1.82) is 0 Å². The lowest BCUT2D eigenvalue weighted by Gasteiger charge is -2.36. The van der Waals surface area contributed by atoms with Crippen LogP contribution < -0.4 is 5.32 Å². The van der Waals surface area contributed by atoms with Crippen molar-refractivity contribution < 1.29 is 19.1 Å². The van der Waals surface area contributed by atoms with Gasteiger partial charge in [0.05, 0.1) is 11.8 Å². The van der Waals surface area contributed by atoms with Gasteiger partial charge in [-0.2, -0.15) is 0 Å². The molecule has 33 heavy (non-hydrogen) atoms. The predicted octanol–water partition coefficient (Wildman–Crippen LogP) is 2.91. The van der Waals surface area contributed by atoms with Crippen LogP contribution >= 0.6 is 0 Å². The van der Waals surface area contributed by atoms with E-state index in [0.717, 1.165) is 35.0 Å². The zero-order chi connectivity index (χ0) is 23.3. The standard InChI is InChI=1S/C25H32N4O4/c1-15(2)13-20(22(30)26-14-16-7-6-12-33-16)29-23(31)25(3)21-18(10-11-28(25)24(29)32)17-8-4-5-9-19(17)27-21/h4-5,8-9,15-16,20,27H,6-7,10-14H2,1-3H3,(H,26,30)/t16-,20+,25+/m1/s1. The van der Waals surface area contributed by atoms with E-state index in [9.17, 15) is 14.4 Å². The number of rotatable bonds is 6. The first-order chi connectivity index (χ1) is 15.8. The molecule has 3 aliphatic heterocycles. The lowest BCUT2D eigenvalue weighted by Crippen LogP contribution is -2.52. The summed E-state index contributed by atoms with van der Waals surface area (Å²) in [5.74, 6) is -0.489. The van der Waals surface area contributed by atoms with Crippen molar-refractivity contribution in [3.8, 4) is 0 Å². The van der Waals surface area contributed by atoms with Gasteiger partial charge >= 0.3 is 6.03 Å². The number of para-hydroxylation sites is 1. The molecule has 5 rings (SSSR count). The first kappa shape index (κ1) is 21.9. The largest absolute Gasteiger partial charge is 0.376 e. The fourth-order valence-electron chi connectivity index (χ4n) is 5.61. The molecular formula is C25H32N4O4. The summed E-state index contributed by atoms with van der Waals surface area (Å²) in [5.41, 5.74) is 1.65. The number of hydrogen-bond donors (Lipinski definition) is 2. The molecule has 176 valence electrons. The van der Waals surface area contributed by atoms with Crippen molar-refractivity contribution in [2.24, 2.45) is 5.92 Å². The van der Waals surface area contributed by atoms with Crippen LogP contribution in [-0.2, 0) is 26.3 Å². The fraction of sp³-hybridized carbons (Fsp3) is 0.560. The molecule has 2 fully saturated rings. The van der Waals surface area contributed by atoms with Crippen LogP contribution in [-0.4, -0.2) is 64.5 Å². The van der Waals surface area contributed by atoms with Crippen LogP contribution in [0.3, 0.4) is 0 Å². The van der Waals surface area contributed by atoms with Crippen molar-refractivity contribution in [3.05, 3.63) is 35.5 Å². The predicted molar refractivity (Wildman–Crippen MR) is 124 cm³/mol. The molecule has 0 aliphatic carbocycles. The van der Waals surface area contributed by atoms with E-state index in [0.29, 0.717) is 32.5 Å². The van der Waals surface area contributed by atoms with E-state index >= 15 is 0 Å². The van der Waals surface area contributed by atoms with E-state index in [-0.39, 0.29) is 29.9 Å². The van der Waals surface area contributed by atoms with E-state index in [2.05, 4.69) is 10.3 Å². The Bertz CT molecular complexity index is 1100. The highest BCUT2D eigenvalue weighted by atomic mass is 16.5. The average Bonchev–Trinajstić information content (AvgIpc) is 3.48. The van der Waals surface area contributed by atoms with Crippen LogP contribution in [0, 0.1) is 5.92 Å². The Morgan fingerprint density at radius 1 is 1.30 bits per heavy atom. The molecule has 8 nitrogen and oxygen atoms in total. The highest BCUT2D eigenvalue weighted by Crippen LogP contribution is 2.44. The molecule has 4 heterocycles. The minimum absolute atomic E-state index is 0.00335. The first-order valence-electron chi connectivity index (χ1n) is 12.0. The molecule has 2 N–H and O–H groups in total. The summed E-state index contributed by atoms with van der Waals surface area (Å²) >= 11 is 0. The normalized spacial score (nSPS) is 25.6. The number of benzene rings is 1. The Morgan fingerprint density at radius 3 is 2.82 bits per heavy atom. The number of fused-ring (bicyclic) bond motifs is 5. The first-order valence-corrected chi connectivity index (χ1v) is 12.0. The van der Waals surface area contributed by atoms with E-state index in [1.165, 1.54) is 4.90 Å². The Hall–Kier alpha value is -2.87. The smallest absolute Gasteiger partial charge is 0.328 e. The third-order valence-corrected chi connectivity index (χ3v) is 7.33. The number of nitrogens with zero attached hydrogens (tertiary/aromatic N) is 2. The van der Waals surface area contributed by atoms with Crippen LogP contribution in [0.5, 0.6) is 0 Å². The number of amides is 4. The van der Waals surface area contributed by atoms with Crippen LogP contribution in [0.15, 0.2) is 24.3 Å². The summed E-state index contributed by atoms with van der Waals surface area (Å²) in [6.45, 7) is 7.35. The molecule has 4 amide bonds. The minimum atomic E-state index is -1.15. The highest BCUT2D eigenvalue weighted by Gasteiger charge is 2.60. The summed E-state index contributed by atoms with van der Waals surface area (Å²) in [4.78, 5) is 47.0. The van der Waals surface area contributed by atoms with Gasteiger partial charge in [-0.15, -0.1) is 0 Å². The van der Waals surface area contributed by atoms with Crippen molar-refractivity contribution in [1.82, 2.24) is 20.1 Å². The van der Waals surface area contributed by atoms with Gasteiger partial charge in [-0.05, 0) is 50.2 Å². The molecule has 8 heteroatoms. The number of ether oxygens (including phenoxy) is 1. The van der Waals surface area contributed by atoms with Crippen molar-refractivity contribution in [2.45, 2.75) is 64.1 Å². The Balaban J connectivity index is 1.48. The molecule has 2 aromatic rings. The summed E-state index contributed by atoms with van der Waals surface area (Å²) in [7, 11) is 0. The Labute approximate surface area is 193 Å². The molecular weight excluding hydrogens is 420 g/mol. The second kappa shape index (κ2) is 8.17. The molecule has 0 spiro atoms. The summed E-state index contributed by atoms with van der Waals surface area (Å²) < 4.78 is 5.62. The van der Waals surface area contributed by atoms with E-state index in [4.69, 9.17) is 4.74 Å². The van der Waals surface area contributed by atoms with Crippen LogP contribution in [0.2, 0.25) is 0 Å². The minimum Gasteiger partial charge on any atom is -0.376 e. The molecule has 0 bridgehead atoms. The van der Waals surface area contributed by atoms with Gasteiger partial charge in [0.25, 0.3) is 5.91 Å². The van der Waals surface area contributed by atoms with Crippen LogP contribution in [0.25, 0.3) is 10.9 Å². The lowest BCUT2D eigenvalue weighted by atomic mass is 9.87. The van der Waals surface area contributed by atoms with E-state index in [1.54, 1.807) is 11.8 Å². The fourth-order valence-corrected chi connectivity index (χ4v) is 5.61. The van der Waals surface area contributed by atoms with Gasteiger partial charge in [-0.1, -0.05) is 32.0 Å². The third kappa shape index (κ3) is 3.42. The van der Waals surface area contributed by atoms with Crippen LogP contribution in [0.4, 0.5) is 4.79 Å². The Kier molecular flexibility index (Phi) is 5.43. The highest BCUT2D eigenvalue weighted by molar-refractivity contribution is 6.11. The molecule has 2 saturated heterocycles. The molecule has 0 unspecified atom stereocenters. The number of carbonyl (C=O) groups is 3. The number of H-pyrrole nitrogens is 1. The topological polar surface area (TPSA) is 94.7 Å². The molecule has 1 aromatic carbocycles. The number of hydrogen-bond acceptors (Lipinski definition) is 4. The monoisotopic (exact) mass is 452 g/mol. The number of aromatic amines is 1. The maximum Gasteiger partial charge on any atom is 0.328 e. The second-order valence-corrected chi connectivity index (χ2v) is 9.98.